The molecule has 1 aromatic carbocycles. The summed E-state index contributed by atoms with van der Waals surface area (Å²) in [5, 5.41) is 32.8. The Kier molecular flexibility index (Phi) is 7.82. The molecule has 32 heavy (non-hydrogen) atoms. The van der Waals surface area contributed by atoms with Crippen molar-refractivity contribution >= 4 is 0 Å². The number of rotatable bonds is 8. The first-order valence-electron chi connectivity index (χ1n) is 12.9. The summed E-state index contributed by atoms with van der Waals surface area (Å²) in [4.78, 5) is 0. The number of aromatic hydroxyl groups is 1. The molecule has 2 aliphatic carbocycles. The van der Waals surface area contributed by atoms with Crippen LogP contribution in [-0.2, 0) is 6.42 Å². The molecular formula is C29H46O3. The van der Waals surface area contributed by atoms with Crippen LogP contribution in [0.2, 0.25) is 0 Å². The number of phenolic OH excluding ortho intramolecular Hbond substituents is 1. The van der Waals surface area contributed by atoms with Gasteiger partial charge in [-0.2, -0.15) is 0 Å². The molecule has 0 aromatic heterocycles. The predicted molar refractivity (Wildman–Crippen MR) is 133 cm³/mol. The van der Waals surface area contributed by atoms with Crippen molar-refractivity contribution in [2.24, 2.45) is 35.0 Å². The predicted octanol–water partition coefficient (Wildman–Crippen LogP) is 6.43. The van der Waals surface area contributed by atoms with Crippen LogP contribution in [0.25, 0.3) is 0 Å². The molecule has 0 amide bonds. The van der Waals surface area contributed by atoms with E-state index in [1.54, 1.807) is 12.1 Å². The summed E-state index contributed by atoms with van der Waals surface area (Å²) in [7, 11) is 0. The Balaban J connectivity index is 1.78. The van der Waals surface area contributed by atoms with Crippen molar-refractivity contribution in [3.05, 3.63) is 41.5 Å². The van der Waals surface area contributed by atoms with Crippen molar-refractivity contribution < 1.29 is 15.3 Å². The number of fused-ring (bicyclic) bond motifs is 1. The maximum Gasteiger partial charge on any atom is 0.115 e. The minimum Gasteiger partial charge on any atom is -0.508 e. The van der Waals surface area contributed by atoms with Crippen LogP contribution >= 0.6 is 0 Å². The molecule has 0 spiro atoms. The van der Waals surface area contributed by atoms with Gasteiger partial charge in [0.25, 0.3) is 0 Å². The van der Waals surface area contributed by atoms with Gasteiger partial charge < -0.3 is 15.3 Å². The van der Waals surface area contributed by atoms with Crippen molar-refractivity contribution in [1.82, 2.24) is 0 Å². The van der Waals surface area contributed by atoms with Crippen LogP contribution < -0.4 is 0 Å². The Morgan fingerprint density at radius 2 is 1.84 bits per heavy atom. The second-order valence-electron chi connectivity index (χ2n) is 11.5. The van der Waals surface area contributed by atoms with Crippen LogP contribution in [0, 0.1) is 41.9 Å². The summed E-state index contributed by atoms with van der Waals surface area (Å²) in [6.07, 6.45) is 10.3. The van der Waals surface area contributed by atoms with Gasteiger partial charge in [0.1, 0.15) is 5.75 Å². The van der Waals surface area contributed by atoms with E-state index in [4.69, 9.17) is 0 Å². The fourth-order valence-corrected chi connectivity index (χ4v) is 7.12. The molecule has 3 rings (SSSR count). The Labute approximate surface area is 196 Å². The lowest BCUT2D eigenvalue weighted by molar-refractivity contribution is -0.180. The highest BCUT2D eigenvalue weighted by Gasteiger charge is 2.60. The van der Waals surface area contributed by atoms with Gasteiger partial charge in [-0.05, 0) is 110 Å². The lowest BCUT2D eigenvalue weighted by Crippen LogP contribution is -2.58. The Morgan fingerprint density at radius 3 is 2.50 bits per heavy atom. The molecule has 180 valence electrons. The number of aliphatic hydroxyl groups is 2. The monoisotopic (exact) mass is 442 g/mol. The summed E-state index contributed by atoms with van der Waals surface area (Å²) in [5.74, 6) is 2.68. The van der Waals surface area contributed by atoms with Crippen molar-refractivity contribution in [2.75, 3.05) is 0 Å². The first kappa shape index (κ1) is 25.3. The zero-order chi connectivity index (χ0) is 23.7. The molecule has 3 heteroatoms. The molecule has 0 unspecified atom stereocenters. The lowest BCUT2D eigenvalue weighted by atomic mass is 9.56. The van der Waals surface area contributed by atoms with Gasteiger partial charge in [0, 0.05) is 0 Å². The minimum absolute atomic E-state index is 0.0468. The van der Waals surface area contributed by atoms with E-state index in [0.717, 1.165) is 30.4 Å². The van der Waals surface area contributed by atoms with E-state index in [-0.39, 0.29) is 17.1 Å². The number of aliphatic hydroxyl groups excluding tert-OH is 1. The van der Waals surface area contributed by atoms with Gasteiger partial charge in [-0.1, -0.05) is 52.8 Å². The largest absolute Gasteiger partial charge is 0.508 e. The summed E-state index contributed by atoms with van der Waals surface area (Å²) in [6, 6.07) is 5.44. The number of allylic oxidation sites excluding steroid dienone is 2. The average molecular weight is 443 g/mol. The molecule has 7 atom stereocenters. The molecule has 0 bridgehead atoms. The molecule has 0 heterocycles. The van der Waals surface area contributed by atoms with Gasteiger partial charge in [0.05, 0.1) is 11.7 Å². The highest BCUT2D eigenvalue weighted by Crippen LogP contribution is 2.61. The second-order valence-corrected chi connectivity index (χ2v) is 11.5. The standard InChI is InChI=1S/C29H46O3/c1-7-22(19(2)3)10-8-21(5)25-12-13-26-28(25,6)16-15-27(31)29(26,32)17-14-23-18-24(30)11-9-20(23)4/h8-11,18-19,21-22,25-27,30-32H,7,12-17H2,1-6H3/b10-8+/t21-,22-,25-,26-,27-,28-,29-/m1/s1. The van der Waals surface area contributed by atoms with E-state index in [2.05, 4.69) is 46.8 Å². The van der Waals surface area contributed by atoms with E-state index in [0.29, 0.717) is 42.9 Å². The fraction of sp³-hybridized carbons (Fsp3) is 0.724. The zero-order valence-electron chi connectivity index (χ0n) is 21.1. The Bertz CT molecular complexity index is 800. The number of hydrogen-bond acceptors (Lipinski definition) is 3. The van der Waals surface area contributed by atoms with Crippen molar-refractivity contribution in [2.45, 2.75) is 98.2 Å². The van der Waals surface area contributed by atoms with Crippen molar-refractivity contribution in [1.29, 1.82) is 0 Å². The number of benzene rings is 1. The van der Waals surface area contributed by atoms with Crippen molar-refractivity contribution in [3.8, 4) is 5.75 Å². The number of aryl methyl sites for hydroxylation is 2. The zero-order valence-corrected chi connectivity index (χ0v) is 21.1. The van der Waals surface area contributed by atoms with E-state index in [1.165, 1.54) is 6.42 Å². The van der Waals surface area contributed by atoms with Gasteiger partial charge in [0.2, 0.25) is 0 Å². The number of phenols is 1. The SMILES string of the molecule is CC[C@H](/C=C/[C@@H](C)[C@H]1CC[C@@H]2[C@]1(C)CC[C@@H](O)[C@@]2(O)CCc1cc(O)ccc1C)C(C)C. The highest BCUT2D eigenvalue weighted by molar-refractivity contribution is 5.34. The summed E-state index contributed by atoms with van der Waals surface area (Å²) in [6.45, 7) is 13.6. The van der Waals surface area contributed by atoms with Gasteiger partial charge in [-0.25, -0.2) is 0 Å². The maximum atomic E-state index is 11.9. The molecule has 1 aromatic rings. The molecule has 3 N–H and O–H groups in total. The van der Waals surface area contributed by atoms with Crippen LogP contribution in [0.3, 0.4) is 0 Å². The Morgan fingerprint density at radius 1 is 1.12 bits per heavy atom. The molecule has 2 saturated carbocycles. The molecule has 0 saturated heterocycles. The molecule has 2 aliphatic rings. The average Bonchev–Trinajstić information content (AvgIpc) is 3.10. The van der Waals surface area contributed by atoms with Gasteiger partial charge >= 0.3 is 0 Å². The van der Waals surface area contributed by atoms with E-state index in [9.17, 15) is 15.3 Å². The fourth-order valence-electron chi connectivity index (χ4n) is 7.12. The van der Waals surface area contributed by atoms with E-state index < -0.39 is 11.7 Å². The topological polar surface area (TPSA) is 60.7 Å². The van der Waals surface area contributed by atoms with E-state index in [1.807, 2.05) is 13.0 Å². The quantitative estimate of drug-likeness (QED) is 0.407. The molecular weight excluding hydrogens is 396 g/mol. The second kappa shape index (κ2) is 9.89. The highest BCUT2D eigenvalue weighted by atomic mass is 16.3. The Hall–Kier alpha value is -1.32. The molecule has 0 aliphatic heterocycles. The van der Waals surface area contributed by atoms with Gasteiger partial charge in [0.15, 0.2) is 0 Å². The molecule has 0 radical (unpaired) electrons. The lowest BCUT2D eigenvalue weighted by Gasteiger charge is -2.53. The maximum absolute atomic E-state index is 11.9. The van der Waals surface area contributed by atoms with Crippen LogP contribution in [-0.4, -0.2) is 27.0 Å². The number of hydrogen-bond donors (Lipinski definition) is 3. The van der Waals surface area contributed by atoms with E-state index >= 15 is 0 Å². The van der Waals surface area contributed by atoms with Crippen LogP contribution in [0.1, 0.15) is 84.3 Å². The van der Waals surface area contributed by atoms with Crippen LogP contribution in [0.5, 0.6) is 5.75 Å². The smallest absolute Gasteiger partial charge is 0.115 e. The minimum atomic E-state index is -1.06. The summed E-state index contributed by atoms with van der Waals surface area (Å²) < 4.78 is 0. The summed E-state index contributed by atoms with van der Waals surface area (Å²) in [5.41, 5.74) is 1.17. The third kappa shape index (κ3) is 4.80. The molecule has 3 nitrogen and oxygen atoms in total. The first-order chi connectivity index (χ1) is 15.0. The van der Waals surface area contributed by atoms with Crippen molar-refractivity contribution in [3.63, 3.8) is 0 Å². The third-order valence-electron chi connectivity index (χ3n) is 9.30. The van der Waals surface area contributed by atoms with Crippen LogP contribution in [0.4, 0.5) is 0 Å². The molecule has 2 fully saturated rings. The van der Waals surface area contributed by atoms with Gasteiger partial charge in [-0.15, -0.1) is 0 Å². The van der Waals surface area contributed by atoms with Gasteiger partial charge in [-0.3, -0.25) is 0 Å². The normalized spacial score (nSPS) is 34.7. The third-order valence-corrected chi connectivity index (χ3v) is 9.30. The van der Waals surface area contributed by atoms with Crippen LogP contribution in [0.15, 0.2) is 30.4 Å². The summed E-state index contributed by atoms with van der Waals surface area (Å²) >= 11 is 0. The first-order valence-corrected chi connectivity index (χ1v) is 12.9.